The molecule has 6 rings (SSSR count). The van der Waals surface area contributed by atoms with E-state index in [9.17, 15) is 9.59 Å². The Morgan fingerprint density at radius 3 is 2.46 bits per heavy atom. The van der Waals surface area contributed by atoms with Gasteiger partial charge in [0, 0.05) is 52.7 Å². The lowest BCUT2D eigenvalue weighted by Gasteiger charge is -2.34. The van der Waals surface area contributed by atoms with Crippen molar-refractivity contribution in [2.45, 2.75) is 32.4 Å². The lowest BCUT2D eigenvalue weighted by Crippen LogP contribution is -2.47. The number of aromatic nitrogens is 1. The first-order valence-electron chi connectivity index (χ1n) is 13.7. The Balaban J connectivity index is 1.33. The van der Waals surface area contributed by atoms with Gasteiger partial charge in [0.2, 0.25) is 5.91 Å². The fraction of sp³-hybridized carbons (Fsp3) is 0.312. The molecule has 2 unspecified atom stereocenters. The van der Waals surface area contributed by atoms with Crippen LogP contribution in [-0.2, 0) is 9.53 Å². The molecular weight excluding hydrogens is 488 g/mol. The number of fused-ring (bicyclic) bond motifs is 2. The third kappa shape index (κ3) is 4.79. The summed E-state index contributed by atoms with van der Waals surface area (Å²) in [6, 6.07) is 22.8. The van der Waals surface area contributed by atoms with Crippen molar-refractivity contribution >= 4 is 34.1 Å². The van der Waals surface area contributed by atoms with Gasteiger partial charge in [-0.15, -0.1) is 0 Å². The van der Waals surface area contributed by atoms with Crippen LogP contribution in [0.3, 0.4) is 0 Å². The van der Waals surface area contributed by atoms with E-state index in [1.54, 1.807) is 4.90 Å². The molecule has 2 atom stereocenters. The first-order chi connectivity index (χ1) is 19.0. The van der Waals surface area contributed by atoms with Crippen molar-refractivity contribution in [2.24, 2.45) is 5.92 Å². The van der Waals surface area contributed by atoms with Gasteiger partial charge in [-0.05, 0) is 54.3 Å². The second kappa shape index (κ2) is 10.6. The average molecular weight is 523 g/mol. The third-order valence-corrected chi connectivity index (χ3v) is 7.76. The Morgan fingerprint density at radius 2 is 1.69 bits per heavy atom. The van der Waals surface area contributed by atoms with E-state index >= 15 is 0 Å². The van der Waals surface area contributed by atoms with Gasteiger partial charge in [0.1, 0.15) is 6.04 Å². The largest absolute Gasteiger partial charge is 0.378 e. The molecule has 2 N–H and O–H groups in total. The fourth-order valence-electron chi connectivity index (χ4n) is 5.89. The predicted octanol–water partition coefficient (Wildman–Crippen LogP) is 5.60. The van der Waals surface area contributed by atoms with Crippen molar-refractivity contribution in [3.63, 3.8) is 0 Å². The topological polar surface area (TPSA) is 77.7 Å². The number of rotatable bonds is 7. The normalized spacial score (nSPS) is 18.0. The van der Waals surface area contributed by atoms with Crippen LogP contribution in [0.15, 0.2) is 79.0 Å². The van der Waals surface area contributed by atoms with E-state index in [0.717, 1.165) is 59.7 Å². The highest BCUT2D eigenvalue weighted by molar-refractivity contribution is 6.05. The number of ether oxygens (including phenoxy) is 1. The standard InChI is InChI=1S/C32H34N4O3/c1-21(2)19-29(31(37)34-22-11-13-23(14-12-22)35-15-17-39-18-16-35)36-30(25-8-3-4-9-26(25)32(36)38)27-20-33-28-10-6-5-7-24(27)28/h3-14,20-21,29-30,33H,15-19H2,1-2H3,(H,34,37). The summed E-state index contributed by atoms with van der Waals surface area (Å²) >= 11 is 0. The van der Waals surface area contributed by atoms with Gasteiger partial charge in [-0.25, -0.2) is 0 Å². The highest BCUT2D eigenvalue weighted by Gasteiger charge is 2.44. The molecule has 200 valence electrons. The number of hydrogen-bond donors (Lipinski definition) is 2. The highest BCUT2D eigenvalue weighted by atomic mass is 16.5. The summed E-state index contributed by atoms with van der Waals surface area (Å²) in [6.07, 6.45) is 2.53. The Kier molecular flexibility index (Phi) is 6.83. The molecule has 7 heteroatoms. The lowest BCUT2D eigenvalue weighted by molar-refractivity contribution is -0.121. The zero-order chi connectivity index (χ0) is 26.9. The molecule has 0 bridgehead atoms. The third-order valence-electron chi connectivity index (χ3n) is 7.76. The maximum Gasteiger partial charge on any atom is 0.255 e. The summed E-state index contributed by atoms with van der Waals surface area (Å²) in [6.45, 7) is 7.33. The molecule has 0 aliphatic carbocycles. The van der Waals surface area contributed by atoms with E-state index in [-0.39, 0.29) is 23.8 Å². The molecule has 7 nitrogen and oxygen atoms in total. The lowest BCUT2D eigenvalue weighted by atomic mass is 9.95. The van der Waals surface area contributed by atoms with Gasteiger partial charge in [0.25, 0.3) is 5.91 Å². The van der Waals surface area contributed by atoms with Gasteiger partial charge < -0.3 is 24.8 Å². The molecular formula is C32H34N4O3. The van der Waals surface area contributed by atoms with E-state index in [0.29, 0.717) is 12.0 Å². The average Bonchev–Trinajstić information content (AvgIpc) is 3.51. The van der Waals surface area contributed by atoms with Crippen LogP contribution in [0.2, 0.25) is 0 Å². The van der Waals surface area contributed by atoms with Crippen molar-refractivity contribution in [1.82, 2.24) is 9.88 Å². The summed E-state index contributed by atoms with van der Waals surface area (Å²) in [7, 11) is 0. The van der Waals surface area contributed by atoms with Crippen LogP contribution in [-0.4, -0.2) is 54.0 Å². The van der Waals surface area contributed by atoms with Crippen LogP contribution < -0.4 is 10.2 Å². The maximum absolute atomic E-state index is 14.0. The van der Waals surface area contributed by atoms with Crippen LogP contribution in [0.5, 0.6) is 0 Å². The Bertz CT molecular complexity index is 1490. The van der Waals surface area contributed by atoms with Crippen molar-refractivity contribution in [1.29, 1.82) is 0 Å². The summed E-state index contributed by atoms with van der Waals surface area (Å²) in [4.78, 5) is 35.4. The molecule has 2 amide bonds. The number of morpholine rings is 1. The van der Waals surface area contributed by atoms with Crippen molar-refractivity contribution in [2.75, 3.05) is 36.5 Å². The summed E-state index contributed by atoms with van der Waals surface area (Å²) < 4.78 is 5.46. The highest BCUT2D eigenvalue weighted by Crippen LogP contribution is 2.43. The second-order valence-corrected chi connectivity index (χ2v) is 10.8. The van der Waals surface area contributed by atoms with E-state index in [2.05, 4.69) is 35.1 Å². The van der Waals surface area contributed by atoms with Crippen LogP contribution in [0.4, 0.5) is 11.4 Å². The molecule has 4 aromatic rings. The Hall–Kier alpha value is -4.10. The number of amides is 2. The molecule has 1 aromatic heterocycles. The van der Waals surface area contributed by atoms with Gasteiger partial charge in [-0.3, -0.25) is 9.59 Å². The van der Waals surface area contributed by atoms with Gasteiger partial charge in [0.05, 0.1) is 19.3 Å². The number of carbonyl (C=O) groups excluding carboxylic acids is 2. The number of carbonyl (C=O) groups is 2. The number of nitrogens with one attached hydrogen (secondary N) is 2. The zero-order valence-electron chi connectivity index (χ0n) is 22.4. The van der Waals surface area contributed by atoms with Crippen molar-refractivity contribution < 1.29 is 14.3 Å². The minimum absolute atomic E-state index is 0.107. The number of hydrogen-bond acceptors (Lipinski definition) is 4. The SMILES string of the molecule is CC(C)CC(C(=O)Nc1ccc(N2CCOCC2)cc1)N1C(=O)c2ccccc2C1c1c[nH]c2ccccc12. The number of H-pyrrole nitrogens is 1. The quantitative estimate of drug-likeness (QED) is 0.331. The molecule has 3 heterocycles. The molecule has 0 radical (unpaired) electrons. The molecule has 2 aliphatic heterocycles. The van der Waals surface area contributed by atoms with Gasteiger partial charge in [-0.2, -0.15) is 0 Å². The van der Waals surface area contributed by atoms with Crippen molar-refractivity contribution in [3.05, 3.63) is 95.7 Å². The number of anilines is 2. The van der Waals surface area contributed by atoms with Gasteiger partial charge >= 0.3 is 0 Å². The molecule has 2 aliphatic rings. The summed E-state index contributed by atoms with van der Waals surface area (Å²) in [5.74, 6) is -0.0669. The van der Waals surface area contributed by atoms with Gasteiger partial charge in [0.15, 0.2) is 0 Å². The maximum atomic E-state index is 14.0. The smallest absolute Gasteiger partial charge is 0.255 e. The minimum atomic E-state index is -0.637. The summed E-state index contributed by atoms with van der Waals surface area (Å²) in [5.41, 5.74) is 5.43. The molecule has 39 heavy (non-hydrogen) atoms. The molecule has 0 saturated carbocycles. The number of nitrogens with zero attached hydrogens (tertiary/aromatic N) is 2. The predicted molar refractivity (Wildman–Crippen MR) is 154 cm³/mol. The van der Waals surface area contributed by atoms with Crippen LogP contribution in [0.1, 0.15) is 47.8 Å². The van der Waals surface area contributed by atoms with Gasteiger partial charge in [-0.1, -0.05) is 50.2 Å². The van der Waals surface area contributed by atoms with E-state index < -0.39 is 6.04 Å². The van der Waals surface area contributed by atoms with Crippen LogP contribution >= 0.6 is 0 Å². The minimum Gasteiger partial charge on any atom is -0.378 e. The summed E-state index contributed by atoms with van der Waals surface area (Å²) in [5, 5.41) is 4.18. The first-order valence-corrected chi connectivity index (χ1v) is 13.7. The fourth-order valence-corrected chi connectivity index (χ4v) is 5.89. The molecule has 1 fully saturated rings. The van der Waals surface area contributed by atoms with Crippen LogP contribution in [0.25, 0.3) is 10.9 Å². The van der Waals surface area contributed by atoms with Crippen molar-refractivity contribution in [3.8, 4) is 0 Å². The second-order valence-electron chi connectivity index (χ2n) is 10.8. The Labute approximate surface area is 228 Å². The first kappa shape index (κ1) is 25.2. The number of aromatic amines is 1. The van der Waals surface area contributed by atoms with E-state index in [1.165, 1.54) is 0 Å². The molecule has 0 spiro atoms. The number of para-hydroxylation sites is 1. The van der Waals surface area contributed by atoms with E-state index in [1.807, 2.05) is 72.9 Å². The molecule has 3 aromatic carbocycles. The monoisotopic (exact) mass is 522 g/mol. The zero-order valence-corrected chi connectivity index (χ0v) is 22.4. The molecule has 1 saturated heterocycles. The Morgan fingerprint density at radius 1 is 0.974 bits per heavy atom. The van der Waals surface area contributed by atoms with Crippen LogP contribution in [0, 0.1) is 5.92 Å². The number of benzene rings is 3. The van der Waals surface area contributed by atoms with E-state index in [4.69, 9.17) is 4.74 Å².